The van der Waals surface area contributed by atoms with E-state index in [0.29, 0.717) is 25.0 Å². The Kier molecular flexibility index (Phi) is 4.01. The first-order chi connectivity index (χ1) is 13.7. The molecule has 4 aromatic heterocycles. The Morgan fingerprint density at radius 2 is 2.14 bits per heavy atom. The Balaban J connectivity index is 1.78. The van der Waals surface area contributed by atoms with Crippen LogP contribution in [0.25, 0.3) is 33.7 Å². The number of nitrogens with one attached hydrogen (secondary N) is 1. The molecule has 0 aliphatic carbocycles. The number of aromatic amines is 1. The predicted octanol–water partition coefficient (Wildman–Crippen LogP) is 2.60. The van der Waals surface area contributed by atoms with Crippen molar-refractivity contribution >= 4 is 16.7 Å². The van der Waals surface area contributed by atoms with Crippen LogP contribution in [-0.2, 0) is 4.74 Å². The summed E-state index contributed by atoms with van der Waals surface area (Å²) < 4.78 is 11.3. The lowest BCUT2D eigenvalue weighted by atomic mass is 10.1. The molecular weight excluding hydrogens is 358 g/mol. The van der Waals surface area contributed by atoms with Crippen molar-refractivity contribution in [3.63, 3.8) is 0 Å². The molecule has 9 nitrogen and oxygen atoms in total. The molecule has 5 heterocycles. The van der Waals surface area contributed by atoms with E-state index in [2.05, 4.69) is 37.2 Å². The molecule has 142 valence electrons. The van der Waals surface area contributed by atoms with Gasteiger partial charge in [0.15, 0.2) is 0 Å². The number of aryl methyl sites for hydroxylation is 1. The first kappa shape index (κ1) is 16.8. The maximum absolute atomic E-state index is 5.74. The van der Waals surface area contributed by atoms with Crippen LogP contribution in [-0.4, -0.2) is 56.2 Å². The van der Waals surface area contributed by atoms with Crippen LogP contribution in [0.3, 0.4) is 0 Å². The quantitative estimate of drug-likeness (QED) is 0.581. The number of anilines is 1. The van der Waals surface area contributed by atoms with Crippen LogP contribution in [0.5, 0.6) is 0 Å². The highest BCUT2D eigenvalue weighted by atomic mass is 16.5. The molecule has 1 aliphatic heterocycles. The van der Waals surface area contributed by atoms with Crippen molar-refractivity contribution in [1.29, 1.82) is 0 Å². The van der Waals surface area contributed by atoms with Gasteiger partial charge in [-0.05, 0) is 25.1 Å². The topological polar surface area (TPSA) is 106 Å². The van der Waals surface area contributed by atoms with Crippen molar-refractivity contribution in [2.75, 3.05) is 24.7 Å². The molecule has 1 atom stereocenters. The third kappa shape index (κ3) is 2.80. The van der Waals surface area contributed by atoms with E-state index >= 15 is 0 Å². The number of hydrogen-bond donors (Lipinski definition) is 1. The van der Waals surface area contributed by atoms with Gasteiger partial charge in [0, 0.05) is 31.2 Å². The summed E-state index contributed by atoms with van der Waals surface area (Å²) in [6.07, 6.45) is 3.45. The minimum Gasteiger partial charge on any atom is -0.421 e. The SMILES string of the molecule is Cc1nnc(-c2cc(N3CCOC[C@H]3C)nc3c(-c4ccn[nH]4)nccc23)o1. The highest BCUT2D eigenvalue weighted by molar-refractivity contribution is 6.00. The van der Waals surface area contributed by atoms with Crippen LogP contribution in [0.4, 0.5) is 5.82 Å². The Labute approximate surface area is 160 Å². The van der Waals surface area contributed by atoms with Crippen LogP contribution >= 0.6 is 0 Å². The Morgan fingerprint density at radius 3 is 2.89 bits per heavy atom. The Hall–Kier alpha value is -3.33. The lowest BCUT2D eigenvalue weighted by molar-refractivity contribution is 0.0986. The summed E-state index contributed by atoms with van der Waals surface area (Å²) in [6.45, 7) is 6.00. The molecule has 1 N–H and O–H groups in total. The molecule has 0 amide bonds. The molecule has 1 saturated heterocycles. The first-order valence-electron chi connectivity index (χ1n) is 9.15. The predicted molar refractivity (Wildman–Crippen MR) is 103 cm³/mol. The van der Waals surface area contributed by atoms with E-state index < -0.39 is 0 Å². The van der Waals surface area contributed by atoms with Gasteiger partial charge in [-0.15, -0.1) is 10.2 Å². The summed E-state index contributed by atoms with van der Waals surface area (Å²) in [5.74, 6) is 1.82. The summed E-state index contributed by atoms with van der Waals surface area (Å²) in [5, 5.41) is 16.2. The number of ether oxygens (including phenoxy) is 1. The number of nitrogens with zero attached hydrogens (tertiary/aromatic N) is 6. The largest absolute Gasteiger partial charge is 0.421 e. The van der Waals surface area contributed by atoms with Gasteiger partial charge in [-0.25, -0.2) is 4.98 Å². The van der Waals surface area contributed by atoms with Gasteiger partial charge in [0.1, 0.15) is 17.0 Å². The monoisotopic (exact) mass is 377 g/mol. The molecular formula is C19H19N7O2. The average Bonchev–Trinajstić information content (AvgIpc) is 3.39. The number of pyridine rings is 2. The summed E-state index contributed by atoms with van der Waals surface area (Å²) in [4.78, 5) is 11.8. The van der Waals surface area contributed by atoms with Crippen LogP contribution in [0.15, 0.2) is 35.0 Å². The molecule has 9 heteroatoms. The van der Waals surface area contributed by atoms with Gasteiger partial charge in [-0.2, -0.15) is 5.10 Å². The van der Waals surface area contributed by atoms with Crippen molar-refractivity contribution in [2.45, 2.75) is 19.9 Å². The van der Waals surface area contributed by atoms with Crippen molar-refractivity contribution in [3.05, 3.63) is 36.5 Å². The molecule has 0 unspecified atom stereocenters. The minimum absolute atomic E-state index is 0.211. The summed E-state index contributed by atoms with van der Waals surface area (Å²) in [7, 11) is 0. The van der Waals surface area contributed by atoms with Crippen molar-refractivity contribution in [2.24, 2.45) is 0 Å². The molecule has 0 saturated carbocycles. The maximum Gasteiger partial charge on any atom is 0.248 e. The smallest absolute Gasteiger partial charge is 0.248 e. The molecule has 4 aromatic rings. The van der Waals surface area contributed by atoms with Crippen LogP contribution in [0, 0.1) is 6.92 Å². The number of aromatic nitrogens is 6. The molecule has 0 bridgehead atoms. The summed E-state index contributed by atoms with van der Waals surface area (Å²) >= 11 is 0. The number of fused-ring (bicyclic) bond motifs is 1. The lowest BCUT2D eigenvalue weighted by Gasteiger charge is -2.34. The Bertz CT molecular complexity index is 1120. The number of rotatable bonds is 3. The molecule has 28 heavy (non-hydrogen) atoms. The lowest BCUT2D eigenvalue weighted by Crippen LogP contribution is -2.44. The fourth-order valence-corrected chi connectivity index (χ4v) is 3.52. The molecule has 0 aromatic carbocycles. The third-order valence-corrected chi connectivity index (χ3v) is 4.89. The van der Waals surface area contributed by atoms with Gasteiger partial charge in [-0.3, -0.25) is 10.1 Å². The molecule has 1 aliphatic rings. The number of H-pyrrole nitrogens is 1. The zero-order chi connectivity index (χ0) is 19.1. The van der Waals surface area contributed by atoms with Gasteiger partial charge < -0.3 is 14.1 Å². The fourth-order valence-electron chi connectivity index (χ4n) is 3.52. The Morgan fingerprint density at radius 1 is 1.21 bits per heavy atom. The van der Waals surface area contributed by atoms with Gasteiger partial charge in [0.2, 0.25) is 11.8 Å². The average molecular weight is 377 g/mol. The van der Waals surface area contributed by atoms with Crippen LogP contribution < -0.4 is 4.90 Å². The number of morpholine rings is 1. The van der Waals surface area contributed by atoms with Gasteiger partial charge in [0.05, 0.1) is 30.5 Å². The van der Waals surface area contributed by atoms with Gasteiger partial charge in [0.25, 0.3) is 0 Å². The molecule has 5 rings (SSSR count). The van der Waals surface area contributed by atoms with Crippen LogP contribution in [0.2, 0.25) is 0 Å². The normalized spacial score (nSPS) is 17.4. The fraction of sp³-hybridized carbons (Fsp3) is 0.316. The van der Waals surface area contributed by atoms with Crippen molar-refractivity contribution < 1.29 is 9.15 Å². The van der Waals surface area contributed by atoms with E-state index in [9.17, 15) is 0 Å². The van der Waals surface area contributed by atoms with Crippen molar-refractivity contribution in [3.8, 4) is 22.8 Å². The zero-order valence-electron chi connectivity index (χ0n) is 15.6. The van der Waals surface area contributed by atoms with E-state index in [1.807, 2.05) is 18.2 Å². The molecule has 0 spiro atoms. The molecule has 1 fully saturated rings. The van der Waals surface area contributed by atoms with E-state index in [1.54, 1.807) is 19.3 Å². The van der Waals surface area contributed by atoms with Gasteiger partial charge in [-0.1, -0.05) is 0 Å². The summed E-state index contributed by atoms with van der Waals surface area (Å²) in [5.41, 5.74) is 3.13. The highest BCUT2D eigenvalue weighted by Gasteiger charge is 2.24. The van der Waals surface area contributed by atoms with E-state index in [4.69, 9.17) is 14.1 Å². The highest BCUT2D eigenvalue weighted by Crippen LogP contribution is 2.34. The second kappa shape index (κ2) is 6.68. The minimum atomic E-state index is 0.211. The maximum atomic E-state index is 5.74. The zero-order valence-corrected chi connectivity index (χ0v) is 15.6. The first-order valence-corrected chi connectivity index (χ1v) is 9.15. The third-order valence-electron chi connectivity index (χ3n) is 4.89. The summed E-state index contributed by atoms with van der Waals surface area (Å²) in [6, 6.07) is 6.02. The standard InChI is InChI=1S/C19H19N7O2/c1-11-10-27-8-7-26(11)16-9-14(19-25-23-12(2)28-19)13-3-5-20-18(17(13)22-16)15-4-6-21-24-15/h3-6,9,11H,7-8,10H2,1-2H3,(H,21,24)/t11-/m1/s1. The second-order valence-electron chi connectivity index (χ2n) is 6.80. The number of hydrogen-bond acceptors (Lipinski definition) is 8. The van der Waals surface area contributed by atoms with Gasteiger partial charge >= 0.3 is 0 Å². The van der Waals surface area contributed by atoms with E-state index in [1.165, 1.54) is 0 Å². The second-order valence-corrected chi connectivity index (χ2v) is 6.80. The van der Waals surface area contributed by atoms with Crippen molar-refractivity contribution in [1.82, 2.24) is 30.4 Å². The van der Waals surface area contributed by atoms with Crippen LogP contribution in [0.1, 0.15) is 12.8 Å². The van der Waals surface area contributed by atoms with E-state index in [0.717, 1.165) is 40.2 Å². The molecule has 0 radical (unpaired) electrons. The van der Waals surface area contributed by atoms with E-state index in [-0.39, 0.29) is 6.04 Å².